The third kappa shape index (κ3) is 2.43. The minimum Gasteiger partial charge on any atom is -0.460 e. The fourth-order valence-corrected chi connectivity index (χ4v) is 2.40. The van der Waals surface area contributed by atoms with Gasteiger partial charge < -0.3 is 4.74 Å². The van der Waals surface area contributed by atoms with Crippen LogP contribution in [0.2, 0.25) is 0 Å². The van der Waals surface area contributed by atoms with Crippen molar-refractivity contribution in [2.24, 2.45) is 17.3 Å². The number of allylic oxidation sites excluding steroid dienone is 2. The van der Waals surface area contributed by atoms with Crippen molar-refractivity contribution in [1.82, 2.24) is 0 Å². The predicted octanol–water partition coefficient (Wildman–Crippen LogP) is 3.57. The summed E-state index contributed by atoms with van der Waals surface area (Å²) in [5.74, 6) is -3.31. The smallest absolute Gasteiger partial charge is 0.310 e. The third-order valence-electron chi connectivity index (χ3n) is 3.71. The van der Waals surface area contributed by atoms with Gasteiger partial charge in [0.15, 0.2) is 0 Å². The molecule has 0 aromatic rings. The third-order valence-corrected chi connectivity index (χ3v) is 3.71. The Morgan fingerprint density at radius 1 is 1.39 bits per heavy atom. The number of halogens is 2. The van der Waals surface area contributed by atoms with Gasteiger partial charge in [-0.15, -0.1) is 0 Å². The molecule has 4 heteroatoms. The number of alkyl halides is 2. The first kappa shape index (κ1) is 13.5. The number of rotatable bonds is 2. The Kier molecular flexibility index (Phi) is 2.66. The monoisotopic (exact) mass is 258 g/mol. The lowest BCUT2D eigenvalue weighted by atomic mass is 10.1. The van der Waals surface area contributed by atoms with Crippen LogP contribution in [0.25, 0.3) is 0 Å². The summed E-state index contributed by atoms with van der Waals surface area (Å²) in [6.07, 6.45) is 1.43. The maximum Gasteiger partial charge on any atom is 0.310 e. The standard InChI is InChI=1S/C14H20F2O2/c1-12(2,3)18-11(17)10-9(13(10,4)5)6-8-7-14(8,15)16/h6,9-10H,7H2,1-5H3. The lowest BCUT2D eigenvalue weighted by molar-refractivity contribution is -0.157. The van der Waals surface area contributed by atoms with Gasteiger partial charge in [0.1, 0.15) is 5.60 Å². The number of ether oxygens (including phenoxy) is 1. The van der Waals surface area contributed by atoms with Crippen LogP contribution in [-0.2, 0) is 9.53 Å². The summed E-state index contributed by atoms with van der Waals surface area (Å²) in [5, 5.41) is 0. The van der Waals surface area contributed by atoms with Crippen molar-refractivity contribution in [2.45, 2.75) is 52.6 Å². The van der Waals surface area contributed by atoms with E-state index in [9.17, 15) is 13.6 Å². The molecular weight excluding hydrogens is 238 g/mol. The van der Waals surface area contributed by atoms with E-state index in [0.29, 0.717) is 0 Å². The van der Waals surface area contributed by atoms with Crippen LogP contribution < -0.4 is 0 Å². The molecule has 2 fully saturated rings. The van der Waals surface area contributed by atoms with Crippen molar-refractivity contribution in [3.05, 3.63) is 11.6 Å². The van der Waals surface area contributed by atoms with E-state index in [1.807, 2.05) is 34.6 Å². The van der Waals surface area contributed by atoms with E-state index < -0.39 is 11.5 Å². The van der Waals surface area contributed by atoms with Crippen LogP contribution in [0.15, 0.2) is 11.6 Å². The van der Waals surface area contributed by atoms with E-state index in [1.165, 1.54) is 0 Å². The summed E-state index contributed by atoms with van der Waals surface area (Å²) < 4.78 is 31.0. The number of carbonyl (C=O) groups excluding carboxylic acids is 1. The first-order chi connectivity index (χ1) is 7.95. The van der Waals surface area contributed by atoms with E-state index in [4.69, 9.17) is 4.74 Å². The van der Waals surface area contributed by atoms with Crippen molar-refractivity contribution in [2.75, 3.05) is 0 Å². The molecule has 2 saturated carbocycles. The molecule has 0 N–H and O–H groups in total. The van der Waals surface area contributed by atoms with Crippen molar-refractivity contribution in [3.8, 4) is 0 Å². The van der Waals surface area contributed by atoms with Crippen LogP contribution in [0.4, 0.5) is 8.78 Å². The van der Waals surface area contributed by atoms with E-state index in [1.54, 1.807) is 6.08 Å². The number of hydrogen-bond acceptors (Lipinski definition) is 2. The van der Waals surface area contributed by atoms with Crippen LogP contribution in [0.5, 0.6) is 0 Å². The first-order valence-corrected chi connectivity index (χ1v) is 6.27. The molecule has 2 atom stereocenters. The van der Waals surface area contributed by atoms with Gasteiger partial charge in [0.2, 0.25) is 0 Å². The largest absolute Gasteiger partial charge is 0.460 e. The molecule has 0 bridgehead atoms. The molecule has 2 rings (SSSR count). The van der Waals surface area contributed by atoms with Gasteiger partial charge in [-0.25, -0.2) is 8.78 Å². The molecule has 0 aliphatic heterocycles. The molecule has 0 amide bonds. The van der Waals surface area contributed by atoms with Gasteiger partial charge in [0, 0.05) is 12.0 Å². The average molecular weight is 258 g/mol. The number of esters is 1. The van der Waals surface area contributed by atoms with Crippen LogP contribution in [0, 0.1) is 17.3 Å². The molecule has 0 saturated heterocycles. The zero-order valence-electron chi connectivity index (χ0n) is 11.5. The molecule has 2 aliphatic carbocycles. The van der Waals surface area contributed by atoms with Gasteiger partial charge in [-0.2, -0.15) is 0 Å². The van der Waals surface area contributed by atoms with Crippen molar-refractivity contribution in [3.63, 3.8) is 0 Å². The first-order valence-electron chi connectivity index (χ1n) is 6.27. The maximum absolute atomic E-state index is 12.9. The van der Waals surface area contributed by atoms with Gasteiger partial charge in [-0.1, -0.05) is 19.9 Å². The minimum atomic E-state index is -2.63. The lowest BCUT2D eigenvalue weighted by Crippen LogP contribution is -2.26. The zero-order chi connectivity index (χ0) is 13.9. The normalized spacial score (nSPS) is 34.3. The molecule has 102 valence electrons. The molecule has 0 heterocycles. The van der Waals surface area contributed by atoms with E-state index in [-0.39, 0.29) is 35.2 Å². The lowest BCUT2D eigenvalue weighted by Gasteiger charge is -2.19. The summed E-state index contributed by atoms with van der Waals surface area (Å²) in [6, 6.07) is 0. The molecule has 0 aromatic carbocycles. The second-order valence-corrected chi connectivity index (χ2v) is 6.93. The molecule has 2 nitrogen and oxygen atoms in total. The number of hydrogen-bond donors (Lipinski definition) is 0. The maximum atomic E-state index is 12.9. The highest BCUT2D eigenvalue weighted by molar-refractivity contribution is 5.78. The summed E-state index contributed by atoms with van der Waals surface area (Å²) >= 11 is 0. The van der Waals surface area contributed by atoms with Crippen molar-refractivity contribution >= 4 is 5.97 Å². The molecule has 18 heavy (non-hydrogen) atoms. The van der Waals surface area contributed by atoms with Gasteiger partial charge in [0.25, 0.3) is 5.92 Å². The Morgan fingerprint density at radius 3 is 2.28 bits per heavy atom. The average Bonchev–Trinajstić information content (AvgIpc) is 2.85. The van der Waals surface area contributed by atoms with Gasteiger partial charge in [-0.3, -0.25) is 4.79 Å². The molecule has 2 unspecified atom stereocenters. The second-order valence-electron chi connectivity index (χ2n) is 6.93. The van der Waals surface area contributed by atoms with Crippen LogP contribution in [-0.4, -0.2) is 17.5 Å². The van der Waals surface area contributed by atoms with Crippen LogP contribution >= 0.6 is 0 Å². The highest BCUT2D eigenvalue weighted by Crippen LogP contribution is 2.62. The highest BCUT2D eigenvalue weighted by Gasteiger charge is 2.64. The van der Waals surface area contributed by atoms with Gasteiger partial charge >= 0.3 is 5.97 Å². The molecule has 0 radical (unpaired) electrons. The van der Waals surface area contributed by atoms with Crippen molar-refractivity contribution in [1.29, 1.82) is 0 Å². The molecular formula is C14H20F2O2. The van der Waals surface area contributed by atoms with Crippen LogP contribution in [0.1, 0.15) is 41.0 Å². The Morgan fingerprint density at radius 2 is 1.89 bits per heavy atom. The Labute approximate surface area is 106 Å². The Hall–Kier alpha value is -0.930. The fourth-order valence-electron chi connectivity index (χ4n) is 2.40. The van der Waals surface area contributed by atoms with Crippen LogP contribution in [0.3, 0.4) is 0 Å². The summed E-state index contributed by atoms with van der Waals surface area (Å²) in [7, 11) is 0. The minimum absolute atomic E-state index is 0.115. The molecule has 2 aliphatic rings. The molecule has 0 aromatic heterocycles. The quantitative estimate of drug-likeness (QED) is 0.559. The predicted molar refractivity (Wildman–Crippen MR) is 64.3 cm³/mol. The zero-order valence-corrected chi connectivity index (χ0v) is 11.5. The molecule has 0 spiro atoms. The second kappa shape index (κ2) is 3.55. The Balaban J connectivity index is 2.04. The number of carbonyl (C=O) groups is 1. The summed E-state index contributed by atoms with van der Waals surface area (Å²) in [4.78, 5) is 12.0. The summed E-state index contributed by atoms with van der Waals surface area (Å²) in [5.41, 5.74) is -0.628. The van der Waals surface area contributed by atoms with Crippen molar-refractivity contribution < 1.29 is 18.3 Å². The summed E-state index contributed by atoms with van der Waals surface area (Å²) in [6.45, 7) is 9.27. The van der Waals surface area contributed by atoms with E-state index >= 15 is 0 Å². The topological polar surface area (TPSA) is 26.3 Å². The highest BCUT2D eigenvalue weighted by atomic mass is 19.3. The Bertz CT molecular complexity index is 416. The SMILES string of the molecule is CC(C)(C)OC(=O)C1C(C=C2CC2(F)F)C1(C)C. The van der Waals surface area contributed by atoms with E-state index in [0.717, 1.165) is 0 Å². The fraction of sp³-hybridized carbons (Fsp3) is 0.786. The van der Waals surface area contributed by atoms with Gasteiger partial charge in [-0.05, 0) is 32.1 Å². The van der Waals surface area contributed by atoms with Gasteiger partial charge in [0.05, 0.1) is 5.92 Å². The van der Waals surface area contributed by atoms with E-state index in [2.05, 4.69) is 0 Å².